The van der Waals surface area contributed by atoms with Gasteiger partial charge in [0.15, 0.2) is 18.1 Å². The lowest BCUT2D eigenvalue weighted by Gasteiger charge is -2.26. The maximum absolute atomic E-state index is 13.4. The zero-order chi connectivity index (χ0) is 32.8. The zero-order valence-electron chi connectivity index (χ0n) is 24.0. The molecule has 4 aromatic rings. The first kappa shape index (κ1) is 32.8. The summed E-state index contributed by atoms with van der Waals surface area (Å²) in [5.74, 6) is -1.03. The highest BCUT2D eigenvalue weighted by atomic mass is 127. The molecule has 1 saturated heterocycles. The second kappa shape index (κ2) is 14.7. The van der Waals surface area contributed by atoms with Crippen LogP contribution in [-0.4, -0.2) is 37.5 Å². The molecule has 46 heavy (non-hydrogen) atoms. The van der Waals surface area contributed by atoms with Gasteiger partial charge in [0.1, 0.15) is 17.9 Å². The van der Waals surface area contributed by atoms with Gasteiger partial charge in [0.2, 0.25) is 0 Å². The second-order valence-corrected chi connectivity index (χ2v) is 11.7. The minimum atomic E-state index is -0.875. The van der Waals surface area contributed by atoms with Crippen LogP contribution in [0.5, 0.6) is 17.2 Å². The van der Waals surface area contributed by atoms with Crippen molar-refractivity contribution in [1.82, 2.24) is 5.32 Å². The Labute approximate surface area is 287 Å². The number of methoxy groups -OCH3 is 1. The average Bonchev–Trinajstić information content (AvgIpc) is 3.04. The maximum Gasteiger partial charge on any atom is 0.335 e. The van der Waals surface area contributed by atoms with Gasteiger partial charge in [-0.2, -0.15) is 0 Å². The molecule has 0 saturated carbocycles. The number of rotatable bonds is 10. The Kier molecular flexibility index (Phi) is 10.5. The third-order valence-corrected chi connectivity index (χ3v) is 8.10. The van der Waals surface area contributed by atoms with Crippen molar-refractivity contribution in [1.29, 1.82) is 0 Å². The van der Waals surface area contributed by atoms with Crippen molar-refractivity contribution >= 4 is 87.0 Å². The molecule has 1 heterocycles. The molecule has 0 radical (unpaired) electrons. The van der Waals surface area contributed by atoms with Crippen molar-refractivity contribution in [2.45, 2.75) is 6.61 Å². The summed E-state index contributed by atoms with van der Waals surface area (Å²) in [5.41, 5.74) is 1.84. The maximum atomic E-state index is 13.4. The highest BCUT2D eigenvalue weighted by Crippen LogP contribution is 2.35. The highest BCUT2D eigenvalue weighted by Gasteiger charge is 2.37. The molecule has 0 aliphatic carbocycles. The van der Waals surface area contributed by atoms with Crippen molar-refractivity contribution in [3.63, 3.8) is 0 Å². The number of nitrogens with one attached hydrogen (secondary N) is 2. The monoisotopic (exact) mass is 771 g/mol. The SMILES string of the molecule is COc1cc(/C=C2/C(=O)NC(=O)N(c3ccc(OCc4ccccc4)cc3)C2=O)cc(I)c1OCC(=O)Nc1ccc(Cl)c(Cl)c1. The molecule has 0 aromatic heterocycles. The Morgan fingerprint density at radius 3 is 2.37 bits per heavy atom. The fraction of sp³-hybridized carbons (Fsp3) is 0.0909. The molecular formula is C33H24Cl2IN3O7. The van der Waals surface area contributed by atoms with Crippen LogP contribution in [0.3, 0.4) is 0 Å². The lowest BCUT2D eigenvalue weighted by atomic mass is 10.1. The molecule has 1 fully saturated rings. The number of benzene rings is 4. The van der Waals surface area contributed by atoms with Gasteiger partial charge in [-0.05, 0) is 94.4 Å². The molecule has 4 aromatic carbocycles. The summed E-state index contributed by atoms with van der Waals surface area (Å²) in [6.07, 6.45) is 1.35. The topological polar surface area (TPSA) is 123 Å². The molecule has 1 aliphatic heterocycles. The molecule has 1 aliphatic rings. The Hall–Kier alpha value is -4.59. The Morgan fingerprint density at radius 2 is 1.67 bits per heavy atom. The van der Waals surface area contributed by atoms with Gasteiger partial charge in [-0.25, -0.2) is 9.69 Å². The third kappa shape index (κ3) is 7.79. The van der Waals surface area contributed by atoms with E-state index < -0.39 is 23.8 Å². The van der Waals surface area contributed by atoms with E-state index in [1.165, 1.54) is 19.3 Å². The average molecular weight is 772 g/mol. The van der Waals surface area contributed by atoms with Crippen molar-refractivity contribution in [3.8, 4) is 17.2 Å². The number of hydrogen-bond acceptors (Lipinski definition) is 7. The molecule has 0 spiro atoms. The molecule has 5 amide bonds. The lowest BCUT2D eigenvalue weighted by molar-refractivity contribution is -0.122. The standard InChI is InChI=1S/C33H24Cl2IN3O7/c1-44-28-15-20(14-27(36)30(28)46-18-29(40)37-21-7-12-25(34)26(35)16-21)13-24-31(41)38-33(43)39(32(24)42)22-8-10-23(11-9-22)45-17-19-5-3-2-4-6-19/h2-16H,17-18H2,1H3,(H,37,40)(H,38,41,43)/b24-13-. The number of barbiturate groups is 1. The van der Waals surface area contributed by atoms with Crippen LogP contribution in [0, 0.1) is 3.57 Å². The number of imide groups is 2. The lowest BCUT2D eigenvalue weighted by Crippen LogP contribution is -2.54. The minimum absolute atomic E-state index is 0.253. The molecule has 0 unspecified atom stereocenters. The number of carbonyl (C=O) groups excluding carboxylic acids is 4. The number of hydrogen-bond donors (Lipinski definition) is 2. The van der Waals surface area contributed by atoms with E-state index in [0.29, 0.717) is 37.2 Å². The number of halogens is 3. The van der Waals surface area contributed by atoms with E-state index in [1.807, 2.05) is 52.9 Å². The fourth-order valence-corrected chi connectivity index (χ4v) is 5.44. The van der Waals surface area contributed by atoms with Crippen LogP contribution in [0.15, 0.2) is 90.5 Å². The van der Waals surface area contributed by atoms with E-state index in [9.17, 15) is 19.2 Å². The van der Waals surface area contributed by atoms with Crippen LogP contribution < -0.4 is 29.7 Å². The summed E-state index contributed by atoms with van der Waals surface area (Å²) >= 11 is 13.9. The van der Waals surface area contributed by atoms with Gasteiger partial charge in [0.25, 0.3) is 17.7 Å². The molecule has 5 rings (SSSR count). The van der Waals surface area contributed by atoms with Gasteiger partial charge in [-0.15, -0.1) is 0 Å². The molecule has 0 bridgehead atoms. The van der Waals surface area contributed by atoms with Crippen molar-refractivity contribution in [2.24, 2.45) is 0 Å². The summed E-state index contributed by atoms with van der Waals surface area (Å²) in [6.45, 7) is 0.00379. The number of nitrogens with zero attached hydrogens (tertiary/aromatic N) is 1. The highest BCUT2D eigenvalue weighted by molar-refractivity contribution is 14.1. The summed E-state index contributed by atoms with van der Waals surface area (Å²) in [4.78, 5) is 52.3. The number of ether oxygens (including phenoxy) is 3. The molecule has 13 heteroatoms. The van der Waals surface area contributed by atoms with Crippen LogP contribution >= 0.6 is 45.8 Å². The largest absolute Gasteiger partial charge is 0.493 e. The predicted octanol–water partition coefficient (Wildman–Crippen LogP) is 6.87. The number of anilines is 2. The number of urea groups is 1. The van der Waals surface area contributed by atoms with Crippen LogP contribution in [0.25, 0.3) is 6.08 Å². The van der Waals surface area contributed by atoms with Crippen LogP contribution in [-0.2, 0) is 21.0 Å². The van der Waals surface area contributed by atoms with Crippen molar-refractivity contribution in [2.75, 3.05) is 23.9 Å². The van der Waals surface area contributed by atoms with Crippen LogP contribution in [0.1, 0.15) is 11.1 Å². The van der Waals surface area contributed by atoms with Crippen molar-refractivity contribution < 1.29 is 33.4 Å². The van der Waals surface area contributed by atoms with E-state index in [4.69, 9.17) is 37.4 Å². The van der Waals surface area contributed by atoms with Gasteiger partial charge < -0.3 is 19.5 Å². The first-order valence-electron chi connectivity index (χ1n) is 13.6. The molecule has 0 atom stereocenters. The van der Waals surface area contributed by atoms with E-state index in [2.05, 4.69) is 10.6 Å². The summed E-state index contributed by atoms with van der Waals surface area (Å²) in [5, 5.41) is 5.53. The van der Waals surface area contributed by atoms with Gasteiger partial charge in [-0.1, -0.05) is 53.5 Å². The number of amides is 5. The smallest absolute Gasteiger partial charge is 0.335 e. The fourth-order valence-electron chi connectivity index (χ4n) is 4.36. The second-order valence-electron chi connectivity index (χ2n) is 9.73. The van der Waals surface area contributed by atoms with Crippen LogP contribution in [0.4, 0.5) is 16.2 Å². The predicted molar refractivity (Wildman–Crippen MR) is 183 cm³/mol. The Morgan fingerprint density at radius 1 is 0.935 bits per heavy atom. The Bertz CT molecular complexity index is 1850. The normalized spacial score (nSPS) is 13.8. The summed E-state index contributed by atoms with van der Waals surface area (Å²) < 4.78 is 17.5. The molecular weight excluding hydrogens is 748 g/mol. The molecule has 10 nitrogen and oxygen atoms in total. The minimum Gasteiger partial charge on any atom is -0.493 e. The molecule has 2 N–H and O–H groups in total. The van der Waals surface area contributed by atoms with E-state index in [1.54, 1.807) is 48.5 Å². The summed E-state index contributed by atoms with van der Waals surface area (Å²) in [7, 11) is 1.41. The van der Waals surface area contributed by atoms with E-state index >= 15 is 0 Å². The van der Waals surface area contributed by atoms with E-state index in [-0.39, 0.29) is 29.4 Å². The van der Waals surface area contributed by atoms with E-state index in [0.717, 1.165) is 10.5 Å². The Balaban J connectivity index is 1.30. The van der Waals surface area contributed by atoms with Gasteiger partial charge >= 0.3 is 6.03 Å². The quantitative estimate of drug-likeness (QED) is 0.103. The van der Waals surface area contributed by atoms with Crippen LogP contribution in [0.2, 0.25) is 10.0 Å². The first-order valence-corrected chi connectivity index (χ1v) is 15.4. The number of carbonyl (C=O) groups is 4. The van der Waals surface area contributed by atoms with Gasteiger partial charge in [-0.3, -0.25) is 19.7 Å². The summed E-state index contributed by atoms with van der Waals surface area (Å²) in [6, 6.07) is 23.0. The van der Waals surface area contributed by atoms with Gasteiger partial charge in [0.05, 0.1) is 26.4 Å². The molecule has 234 valence electrons. The first-order chi connectivity index (χ1) is 22.1. The third-order valence-electron chi connectivity index (χ3n) is 6.56. The zero-order valence-corrected chi connectivity index (χ0v) is 27.7. The van der Waals surface area contributed by atoms with Crippen molar-refractivity contribution in [3.05, 3.63) is 115 Å². The van der Waals surface area contributed by atoms with Gasteiger partial charge in [0, 0.05) is 5.69 Å².